The summed E-state index contributed by atoms with van der Waals surface area (Å²) in [4.78, 5) is 18.4. The van der Waals surface area contributed by atoms with Gasteiger partial charge in [-0.1, -0.05) is 48.0 Å². The van der Waals surface area contributed by atoms with Crippen molar-refractivity contribution in [2.45, 2.75) is 0 Å². The van der Waals surface area contributed by atoms with Crippen LogP contribution in [0.3, 0.4) is 0 Å². The third kappa shape index (κ3) is 3.36. The van der Waals surface area contributed by atoms with Crippen molar-refractivity contribution in [3.8, 4) is 11.1 Å². The van der Waals surface area contributed by atoms with Crippen LogP contribution in [-0.4, -0.2) is 43.4 Å². The molecule has 1 N–H and O–H groups in total. The number of ether oxygens (including phenoxy) is 1. The molecule has 0 saturated heterocycles. The third-order valence-electron chi connectivity index (χ3n) is 4.22. The van der Waals surface area contributed by atoms with E-state index in [1.54, 1.807) is 13.2 Å². The summed E-state index contributed by atoms with van der Waals surface area (Å²) in [6.07, 6.45) is 0. The average molecular weight is 371 g/mol. The van der Waals surface area contributed by atoms with E-state index in [0.717, 1.165) is 11.1 Å². The standard InChI is InChI=1S/C20H19ClN2O3/c1-23(11-12-26-2)19-14-8-4-6-10-16(14)22-18(20(24)25)17(19)13-7-3-5-9-15(13)21/h3-10H,11-12H2,1-2H3,(H,24,25). The number of hydrogen-bond donors (Lipinski definition) is 1. The fourth-order valence-corrected chi connectivity index (χ4v) is 3.24. The van der Waals surface area contributed by atoms with Crippen molar-refractivity contribution in [3.63, 3.8) is 0 Å². The quantitative estimate of drug-likeness (QED) is 0.699. The van der Waals surface area contributed by atoms with Crippen molar-refractivity contribution in [1.82, 2.24) is 4.98 Å². The smallest absolute Gasteiger partial charge is 0.355 e. The van der Waals surface area contributed by atoms with Gasteiger partial charge in [-0.3, -0.25) is 0 Å². The lowest BCUT2D eigenvalue weighted by Crippen LogP contribution is -2.24. The van der Waals surface area contributed by atoms with Gasteiger partial charge in [-0.05, 0) is 12.1 Å². The number of carboxylic acids is 1. The first kappa shape index (κ1) is 18.2. The summed E-state index contributed by atoms with van der Waals surface area (Å²) in [5, 5.41) is 11.2. The number of hydrogen-bond acceptors (Lipinski definition) is 4. The first-order valence-corrected chi connectivity index (χ1v) is 8.53. The number of aromatic carboxylic acids is 1. The largest absolute Gasteiger partial charge is 0.476 e. The van der Waals surface area contributed by atoms with Gasteiger partial charge >= 0.3 is 5.97 Å². The Kier molecular flexibility index (Phi) is 5.40. The first-order chi connectivity index (χ1) is 12.5. The van der Waals surface area contributed by atoms with Gasteiger partial charge < -0.3 is 14.7 Å². The maximum atomic E-state index is 12.0. The Hall–Kier alpha value is -2.63. The minimum absolute atomic E-state index is 0.0175. The van der Waals surface area contributed by atoms with Gasteiger partial charge in [0.25, 0.3) is 0 Å². The van der Waals surface area contributed by atoms with E-state index in [2.05, 4.69) is 4.98 Å². The average Bonchev–Trinajstić information content (AvgIpc) is 2.65. The topological polar surface area (TPSA) is 62.7 Å². The Morgan fingerprint density at radius 2 is 1.88 bits per heavy atom. The summed E-state index contributed by atoms with van der Waals surface area (Å²) in [6.45, 7) is 1.11. The number of para-hydroxylation sites is 1. The molecular weight excluding hydrogens is 352 g/mol. The third-order valence-corrected chi connectivity index (χ3v) is 4.55. The molecule has 1 aromatic heterocycles. The molecular formula is C20H19ClN2O3. The lowest BCUT2D eigenvalue weighted by Gasteiger charge is -2.25. The molecule has 26 heavy (non-hydrogen) atoms. The van der Waals surface area contributed by atoms with Crippen LogP contribution >= 0.6 is 11.6 Å². The summed E-state index contributed by atoms with van der Waals surface area (Å²) >= 11 is 6.40. The van der Waals surface area contributed by atoms with E-state index >= 15 is 0 Å². The Morgan fingerprint density at radius 3 is 2.58 bits per heavy atom. The first-order valence-electron chi connectivity index (χ1n) is 8.15. The van der Waals surface area contributed by atoms with Crippen LogP contribution in [0, 0.1) is 0 Å². The van der Waals surface area contributed by atoms with Gasteiger partial charge in [0.15, 0.2) is 5.69 Å². The lowest BCUT2D eigenvalue weighted by molar-refractivity contribution is 0.0692. The molecule has 1 heterocycles. The van der Waals surface area contributed by atoms with Gasteiger partial charge in [-0.15, -0.1) is 0 Å². The van der Waals surface area contributed by atoms with Gasteiger partial charge in [-0.2, -0.15) is 0 Å². The second-order valence-corrected chi connectivity index (χ2v) is 6.31. The van der Waals surface area contributed by atoms with Crippen molar-refractivity contribution in [3.05, 3.63) is 59.2 Å². The molecule has 0 aliphatic carbocycles. The molecule has 2 aromatic carbocycles. The number of nitrogens with zero attached hydrogens (tertiary/aromatic N) is 2. The second kappa shape index (κ2) is 7.72. The number of anilines is 1. The molecule has 5 nitrogen and oxygen atoms in total. The molecule has 6 heteroatoms. The number of pyridine rings is 1. The van der Waals surface area contributed by atoms with E-state index in [1.807, 2.05) is 54.4 Å². The monoisotopic (exact) mass is 370 g/mol. The molecule has 0 unspecified atom stereocenters. The van der Waals surface area contributed by atoms with E-state index in [1.165, 1.54) is 0 Å². The summed E-state index contributed by atoms with van der Waals surface area (Å²) in [5.74, 6) is -1.09. The highest BCUT2D eigenvalue weighted by Gasteiger charge is 2.24. The molecule has 0 fully saturated rings. The highest BCUT2D eigenvalue weighted by molar-refractivity contribution is 6.34. The van der Waals surface area contributed by atoms with Crippen LogP contribution in [0.25, 0.3) is 22.0 Å². The fourth-order valence-electron chi connectivity index (χ4n) is 3.00. The molecule has 0 aliphatic heterocycles. The van der Waals surface area contributed by atoms with Crippen molar-refractivity contribution in [1.29, 1.82) is 0 Å². The fraction of sp³-hybridized carbons (Fsp3) is 0.200. The maximum Gasteiger partial charge on any atom is 0.355 e. The van der Waals surface area contributed by atoms with Crippen LogP contribution in [-0.2, 0) is 4.74 Å². The van der Waals surface area contributed by atoms with Crippen LogP contribution in [0.1, 0.15) is 10.5 Å². The Labute approximate surface area is 156 Å². The van der Waals surface area contributed by atoms with Crippen molar-refractivity contribution in [2.24, 2.45) is 0 Å². The number of aromatic nitrogens is 1. The highest BCUT2D eigenvalue weighted by atomic mass is 35.5. The zero-order chi connectivity index (χ0) is 18.7. The number of carbonyl (C=O) groups is 1. The molecule has 0 radical (unpaired) electrons. The predicted octanol–water partition coefficient (Wildman–Crippen LogP) is 4.34. The van der Waals surface area contributed by atoms with Gasteiger partial charge in [0.1, 0.15) is 0 Å². The summed E-state index contributed by atoms with van der Waals surface area (Å²) in [5.41, 5.74) is 2.54. The molecule has 3 rings (SSSR count). The SMILES string of the molecule is COCCN(C)c1c(-c2ccccc2Cl)c(C(=O)O)nc2ccccc12. The molecule has 0 aliphatic rings. The van der Waals surface area contributed by atoms with E-state index in [0.29, 0.717) is 34.8 Å². The number of benzene rings is 2. The molecule has 0 amide bonds. The van der Waals surface area contributed by atoms with Gasteiger partial charge in [0.2, 0.25) is 0 Å². The Balaban J connectivity index is 2.40. The van der Waals surface area contributed by atoms with Crippen LogP contribution < -0.4 is 4.90 Å². The van der Waals surface area contributed by atoms with Gasteiger partial charge in [0.05, 0.1) is 17.8 Å². The minimum atomic E-state index is -1.09. The highest BCUT2D eigenvalue weighted by Crippen LogP contribution is 2.41. The summed E-state index contributed by atoms with van der Waals surface area (Å²) in [6, 6.07) is 14.7. The van der Waals surface area contributed by atoms with Crippen LogP contribution in [0.2, 0.25) is 5.02 Å². The normalized spacial score (nSPS) is 10.9. The number of rotatable bonds is 6. The van der Waals surface area contributed by atoms with Crippen LogP contribution in [0.4, 0.5) is 5.69 Å². The second-order valence-electron chi connectivity index (χ2n) is 5.90. The molecule has 134 valence electrons. The van der Waals surface area contributed by atoms with E-state index < -0.39 is 5.97 Å². The molecule has 0 saturated carbocycles. The number of likely N-dealkylation sites (N-methyl/N-ethyl adjacent to an activating group) is 1. The van der Waals surface area contributed by atoms with E-state index in [9.17, 15) is 9.90 Å². The molecule has 3 aromatic rings. The number of fused-ring (bicyclic) bond motifs is 1. The molecule has 0 atom stereocenters. The van der Waals surface area contributed by atoms with Crippen LogP contribution in [0.15, 0.2) is 48.5 Å². The number of carboxylic acid groups (broad SMARTS) is 1. The zero-order valence-electron chi connectivity index (χ0n) is 14.6. The summed E-state index contributed by atoms with van der Waals surface area (Å²) in [7, 11) is 3.54. The van der Waals surface area contributed by atoms with Crippen molar-refractivity contribution >= 4 is 34.2 Å². The number of halogens is 1. The minimum Gasteiger partial charge on any atom is -0.476 e. The predicted molar refractivity (Wildman–Crippen MR) is 104 cm³/mol. The number of methoxy groups -OCH3 is 1. The maximum absolute atomic E-state index is 12.0. The van der Waals surface area contributed by atoms with Gasteiger partial charge in [0, 0.05) is 42.2 Å². The van der Waals surface area contributed by atoms with Gasteiger partial charge in [-0.25, -0.2) is 9.78 Å². The van der Waals surface area contributed by atoms with E-state index in [-0.39, 0.29) is 5.69 Å². The van der Waals surface area contributed by atoms with Crippen molar-refractivity contribution in [2.75, 3.05) is 32.2 Å². The lowest BCUT2D eigenvalue weighted by atomic mass is 9.97. The van der Waals surface area contributed by atoms with Crippen LogP contribution in [0.5, 0.6) is 0 Å². The zero-order valence-corrected chi connectivity index (χ0v) is 15.3. The van der Waals surface area contributed by atoms with E-state index in [4.69, 9.17) is 16.3 Å². The summed E-state index contributed by atoms with van der Waals surface area (Å²) < 4.78 is 5.19. The molecule has 0 bridgehead atoms. The van der Waals surface area contributed by atoms with Crippen molar-refractivity contribution < 1.29 is 14.6 Å². The Bertz CT molecular complexity index is 959. The molecule has 0 spiro atoms. The Morgan fingerprint density at radius 1 is 1.19 bits per heavy atom.